The lowest BCUT2D eigenvalue weighted by molar-refractivity contribution is 0.223. The van der Waals surface area contributed by atoms with Gasteiger partial charge < -0.3 is 5.32 Å². The van der Waals surface area contributed by atoms with Gasteiger partial charge in [0, 0.05) is 24.7 Å². The van der Waals surface area contributed by atoms with Crippen LogP contribution in [0.3, 0.4) is 0 Å². The van der Waals surface area contributed by atoms with Crippen molar-refractivity contribution in [3.8, 4) is 0 Å². The summed E-state index contributed by atoms with van der Waals surface area (Å²) in [6, 6.07) is 0. The summed E-state index contributed by atoms with van der Waals surface area (Å²) in [5.74, 6) is 0.815. The zero-order valence-corrected chi connectivity index (χ0v) is 11.9. The molecule has 1 heterocycles. The molecule has 0 radical (unpaired) electrons. The van der Waals surface area contributed by atoms with Crippen molar-refractivity contribution in [1.29, 1.82) is 0 Å². The fraction of sp³-hybridized carbons (Fsp3) is 0.786. The molecule has 1 saturated carbocycles. The van der Waals surface area contributed by atoms with E-state index in [1.807, 2.05) is 6.20 Å². The van der Waals surface area contributed by atoms with Gasteiger partial charge in [-0.05, 0) is 30.6 Å². The van der Waals surface area contributed by atoms with Gasteiger partial charge in [-0.25, -0.2) is 4.98 Å². The predicted octanol–water partition coefficient (Wildman–Crippen LogP) is 3.84. The monoisotopic (exact) mass is 252 g/mol. The van der Waals surface area contributed by atoms with E-state index in [0.29, 0.717) is 5.41 Å². The molecule has 17 heavy (non-hydrogen) atoms. The summed E-state index contributed by atoms with van der Waals surface area (Å²) in [5, 5.41) is 6.89. The van der Waals surface area contributed by atoms with Crippen molar-refractivity contribution in [2.75, 3.05) is 6.54 Å². The molecule has 0 aromatic carbocycles. The lowest BCUT2D eigenvalue weighted by Gasteiger charge is -2.31. The second-order valence-corrected chi connectivity index (χ2v) is 6.81. The Morgan fingerprint density at radius 1 is 1.41 bits per heavy atom. The van der Waals surface area contributed by atoms with E-state index in [4.69, 9.17) is 0 Å². The van der Waals surface area contributed by atoms with Gasteiger partial charge in [0.2, 0.25) is 0 Å². The highest BCUT2D eigenvalue weighted by molar-refractivity contribution is 7.09. The molecule has 3 heteroatoms. The van der Waals surface area contributed by atoms with Crippen molar-refractivity contribution in [1.82, 2.24) is 10.3 Å². The molecule has 0 saturated heterocycles. The molecule has 0 spiro atoms. The molecular weight excluding hydrogens is 228 g/mol. The van der Waals surface area contributed by atoms with Gasteiger partial charge in [0.05, 0.1) is 0 Å². The first-order valence-corrected chi connectivity index (χ1v) is 7.67. The van der Waals surface area contributed by atoms with Gasteiger partial charge in [-0.2, -0.15) is 0 Å². The summed E-state index contributed by atoms with van der Waals surface area (Å²) < 4.78 is 0. The van der Waals surface area contributed by atoms with Crippen LogP contribution in [-0.4, -0.2) is 11.5 Å². The summed E-state index contributed by atoms with van der Waals surface area (Å²) in [6.07, 6.45) is 8.93. The maximum absolute atomic E-state index is 4.32. The van der Waals surface area contributed by atoms with Gasteiger partial charge in [0.1, 0.15) is 5.01 Å². The maximum atomic E-state index is 4.32. The second-order valence-electron chi connectivity index (χ2n) is 5.83. The fourth-order valence-electron chi connectivity index (χ4n) is 3.22. The van der Waals surface area contributed by atoms with Gasteiger partial charge in [-0.3, -0.25) is 0 Å². The minimum absolute atomic E-state index is 0.575. The Hall–Kier alpha value is -0.410. The summed E-state index contributed by atoms with van der Waals surface area (Å²) in [5.41, 5.74) is 0.575. The van der Waals surface area contributed by atoms with Gasteiger partial charge in [-0.1, -0.05) is 26.7 Å². The van der Waals surface area contributed by atoms with E-state index >= 15 is 0 Å². The number of thiazole rings is 1. The number of nitrogens with zero attached hydrogens (tertiary/aromatic N) is 1. The summed E-state index contributed by atoms with van der Waals surface area (Å²) in [7, 11) is 0. The Bertz CT molecular complexity index is 313. The summed E-state index contributed by atoms with van der Waals surface area (Å²) >= 11 is 1.74. The minimum atomic E-state index is 0.575. The third kappa shape index (κ3) is 3.78. The molecule has 96 valence electrons. The maximum Gasteiger partial charge on any atom is 0.106 e. The van der Waals surface area contributed by atoms with Crippen LogP contribution in [0.4, 0.5) is 0 Å². The molecule has 0 amide bonds. The Morgan fingerprint density at radius 2 is 2.18 bits per heavy atom. The molecule has 0 bridgehead atoms. The molecule has 1 aliphatic rings. The fourth-order valence-corrected chi connectivity index (χ4v) is 3.80. The van der Waals surface area contributed by atoms with Crippen LogP contribution in [0, 0.1) is 11.3 Å². The quantitative estimate of drug-likeness (QED) is 0.832. The van der Waals surface area contributed by atoms with Crippen LogP contribution in [0.5, 0.6) is 0 Å². The van der Waals surface area contributed by atoms with Crippen molar-refractivity contribution >= 4 is 11.3 Å². The molecule has 2 nitrogen and oxygen atoms in total. The SMILES string of the molecule is CC(C)CC1(CNCc2nccs2)CCCC1. The third-order valence-electron chi connectivity index (χ3n) is 3.77. The lowest BCUT2D eigenvalue weighted by Crippen LogP contribution is -2.33. The highest BCUT2D eigenvalue weighted by Gasteiger charge is 2.33. The first-order valence-electron chi connectivity index (χ1n) is 6.79. The lowest BCUT2D eigenvalue weighted by atomic mass is 9.78. The zero-order chi connectivity index (χ0) is 12.1. The summed E-state index contributed by atoms with van der Waals surface area (Å²) in [6.45, 7) is 6.81. The first kappa shape index (κ1) is 13.0. The van der Waals surface area contributed by atoms with Crippen LogP contribution in [0.15, 0.2) is 11.6 Å². The van der Waals surface area contributed by atoms with E-state index in [1.54, 1.807) is 11.3 Å². The smallest absolute Gasteiger partial charge is 0.106 e. The largest absolute Gasteiger partial charge is 0.310 e. The first-order chi connectivity index (χ1) is 8.20. The number of nitrogens with one attached hydrogen (secondary N) is 1. The topological polar surface area (TPSA) is 24.9 Å². The van der Waals surface area contributed by atoms with Gasteiger partial charge >= 0.3 is 0 Å². The zero-order valence-electron chi connectivity index (χ0n) is 11.0. The Balaban J connectivity index is 1.81. The van der Waals surface area contributed by atoms with Crippen LogP contribution in [0.2, 0.25) is 0 Å². The Morgan fingerprint density at radius 3 is 2.76 bits per heavy atom. The Labute approximate surface area is 109 Å². The number of hydrogen-bond acceptors (Lipinski definition) is 3. The number of hydrogen-bond donors (Lipinski definition) is 1. The van der Waals surface area contributed by atoms with Crippen molar-refractivity contribution in [3.63, 3.8) is 0 Å². The van der Waals surface area contributed by atoms with E-state index in [-0.39, 0.29) is 0 Å². The van der Waals surface area contributed by atoms with Crippen LogP contribution < -0.4 is 5.32 Å². The molecule has 0 aliphatic heterocycles. The van der Waals surface area contributed by atoms with E-state index in [0.717, 1.165) is 12.5 Å². The van der Waals surface area contributed by atoms with Crippen LogP contribution in [0.1, 0.15) is 51.0 Å². The van der Waals surface area contributed by atoms with Crippen molar-refractivity contribution in [2.24, 2.45) is 11.3 Å². The molecule has 1 fully saturated rings. The van der Waals surface area contributed by atoms with Crippen LogP contribution in [0.25, 0.3) is 0 Å². The van der Waals surface area contributed by atoms with E-state index in [2.05, 4.69) is 29.5 Å². The molecule has 1 aromatic rings. The van der Waals surface area contributed by atoms with Crippen LogP contribution in [-0.2, 0) is 6.54 Å². The van der Waals surface area contributed by atoms with Crippen LogP contribution >= 0.6 is 11.3 Å². The normalized spacial score (nSPS) is 19.0. The van der Waals surface area contributed by atoms with Crippen molar-refractivity contribution in [2.45, 2.75) is 52.5 Å². The molecule has 1 aromatic heterocycles. The molecule has 0 unspecified atom stereocenters. The molecule has 1 aliphatic carbocycles. The standard InChI is InChI=1S/C14H24N2S/c1-12(2)9-14(5-3-4-6-14)11-15-10-13-16-7-8-17-13/h7-8,12,15H,3-6,9-11H2,1-2H3. The van der Waals surface area contributed by atoms with Gasteiger partial charge in [0.25, 0.3) is 0 Å². The highest BCUT2D eigenvalue weighted by Crippen LogP contribution is 2.42. The molecular formula is C14H24N2S. The third-order valence-corrected chi connectivity index (χ3v) is 4.54. The second kappa shape index (κ2) is 5.96. The van der Waals surface area contributed by atoms with E-state index in [1.165, 1.54) is 43.7 Å². The van der Waals surface area contributed by atoms with Gasteiger partial charge in [-0.15, -0.1) is 11.3 Å². The average Bonchev–Trinajstić information content (AvgIpc) is 2.89. The molecule has 0 atom stereocenters. The molecule has 1 N–H and O–H groups in total. The van der Waals surface area contributed by atoms with E-state index < -0.39 is 0 Å². The molecule has 2 rings (SSSR count). The van der Waals surface area contributed by atoms with Crippen molar-refractivity contribution < 1.29 is 0 Å². The highest BCUT2D eigenvalue weighted by atomic mass is 32.1. The van der Waals surface area contributed by atoms with Crippen molar-refractivity contribution in [3.05, 3.63) is 16.6 Å². The number of rotatable bonds is 6. The van der Waals surface area contributed by atoms with E-state index in [9.17, 15) is 0 Å². The minimum Gasteiger partial charge on any atom is -0.310 e. The Kier molecular flexibility index (Phi) is 4.57. The number of aromatic nitrogens is 1. The average molecular weight is 252 g/mol. The summed E-state index contributed by atoms with van der Waals surface area (Å²) in [4.78, 5) is 4.32. The predicted molar refractivity (Wildman–Crippen MR) is 74.2 cm³/mol. The van der Waals surface area contributed by atoms with Gasteiger partial charge in [0.15, 0.2) is 0 Å².